The molecule has 2 heteroatoms. The Balaban J connectivity index is 1.63. The normalized spacial score (nSPS) is 10.9. The molecule has 0 aliphatic carbocycles. The van der Waals surface area contributed by atoms with E-state index in [-0.39, 0.29) is 0 Å². The second kappa shape index (κ2) is 8.60. The van der Waals surface area contributed by atoms with Gasteiger partial charge in [0.05, 0.1) is 6.61 Å². The Morgan fingerprint density at radius 1 is 0.955 bits per heavy atom. The third-order valence-electron chi connectivity index (χ3n) is 3.82. The average Bonchev–Trinajstić information content (AvgIpc) is 2.50. The van der Waals surface area contributed by atoms with Crippen LogP contribution in [-0.4, -0.2) is 25.1 Å². The lowest BCUT2D eigenvalue weighted by Crippen LogP contribution is -2.19. The number of nitrogens with zero attached hydrogens (tertiary/aromatic N) is 1. The average molecular weight is 297 g/mol. The molecule has 2 aromatic rings. The molecule has 0 saturated carbocycles. The van der Waals surface area contributed by atoms with Crippen molar-refractivity contribution in [2.24, 2.45) is 0 Å². The van der Waals surface area contributed by atoms with Crippen LogP contribution in [0.5, 0.6) is 5.75 Å². The Morgan fingerprint density at radius 2 is 1.73 bits per heavy atom. The third kappa shape index (κ3) is 5.53. The van der Waals surface area contributed by atoms with Crippen molar-refractivity contribution in [3.63, 3.8) is 0 Å². The second-order valence-electron chi connectivity index (χ2n) is 6.05. The van der Waals surface area contributed by atoms with Gasteiger partial charge in [-0.05, 0) is 57.5 Å². The number of rotatable bonds is 8. The molecule has 0 bridgehead atoms. The van der Waals surface area contributed by atoms with E-state index < -0.39 is 0 Å². The fourth-order valence-electron chi connectivity index (χ4n) is 2.60. The van der Waals surface area contributed by atoms with Crippen LogP contribution in [0.4, 0.5) is 0 Å². The highest BCUT2D eigenvalue weighted by Gasteiger charge is 2.02. The maximum absolute atomic E-state index is 5.87. The molecule has 0 spiro atoms. The number of ether oxygens (including phenoxy) is 1. The summed E-state index contributed by atoms with van der Waals surface area (Å²) in [5.74, 6) is 1.02. The SMILES string of the molecule is Cc1ccc(OCCCCN(C)Cc2ccccc2)c(C)c1. The van der Waals surface area contributed by atoms with Crippen molar-refractivity contribution in [3.05, 3.63) is 65.2 Å². The molecule has 0 heterocycles. The van der Waals surface area contributed by atoms with Gasteiger partial charge in [-0.25, -0.2) is 0 Å². The Kier molecular flexibility index (Phi) is 6.47. The largest absolute Gasteiger partial charge is 0.493 e. The van der Waals surface area contributed by atoms with E-state index in [0.717, 1.165) is 38.3 Å². The molecule has 0 fully saturated rings. The van der Waals surface area contributed by atoms with Gasteiger partial charge in [-0.1, -0.05) is 48.0 Å². The van der Waals surface area contributed by atoms with Gasteiger partial charge in [0.25, 0.3) is 0 Å². The van der Waals surface area contributed by atoms with E-state index in [0.29, 0.717) is 0 Å². The fraction of sp³-hybridized carbons (Fsp3) is 0.400. The molecule has 2 aromatic carbocycles. The van der Waals surface area contributed by atoms with Gasteiger partial charge in [-0.15, -0.1) is 0 Å². The summed E-state index contributed by atoms with van der Waals surface area (Å²) in [5.41, 5.74) is 3.88. The highest BCUT2D eigenvalue weighted by molar-refractivity contribution is 5.35. The van der Waals surface area contributed by atoms with Crippen LogP contribution in [0.1, 0.15) is 29.5 Å². The molecule has 0 aliphatic rings. The Morgan fingerprint density at radius 3 is 2.45 bits per heavy atom. The van der Waals surface area contributed by atoms with Crippen molar-refractivity contribution in [2.45, 2.75) is 33.2 Å². The zero-order valence-electron chi connectivity index (χ0n) is 14.0. The molecule has 118 valence electrons. The molecular weight excluding hydrogens is 270 g/mol. The van der Waals surface area contributed by atoms with E-state index in [1.807, 2.05) is 0 Å². The smallest absolute Gasteiger partial charge is 0.122 e. The number of hydrogen-bond acceptors (Lipinski definition) is 2. The fourth-order valence-corrected chi connectivity index (χ4v) is 2.60. The second-order valence-corrected chi connectivity index (χ2v) is 6.05. The molecule has 0 radical (unpaired) electrons. The van der Waals surface area contributed by atoms with Crippen molar-refractivity contribution in [3.8, 4) is 5.75 Å². The molecule has 0 unspecified atom stereocenters. The van der Waals surface area contributed by atoms with E-state index in [2.05, 4.69) is 74.3 Å². The van der Waals surface area contributed by atoms with Crippen molar-refractivity contribution in [2.75, 3.05) is 20.2 Å². The summed E-state index contributed by atoms with van der Waals surface area (Å²) in [6.45, 7) is 7.13. The monoisotopic (exact) mass is 297 g/mol. The summed E-state index contributed by atoms with van der Waals surface area (Å²) in [4.78, 5) is 2.37. The van der Waals surface area contributed by atoms with Gasteiger partial charge in [0.15, 0.2) is 0 Å². The summed E-state index contributed by atoms with van der Waals surface area (Å²) in [7, 11) is 2.18. The molecule has 0 N–H and O–H groups in total. The minimum atomic E-state index is 0.795. The maximum Gasteiger partial charge on any atom is 0.122 e. The van der Waals surface area contributed by atoms with E-state index in [9.17, 15) is 0 Å². The summed E-state index contributed by atoms with van der Waals surface area (Å²) < 4.78 is 5.87. The molecular formula is C20H27NO. The molecule has 0 aliphatic heterocycles. The first kappa shape index (κ1) is 16.6. The van der Waals surface area contributed by atoms with Crippen molar-refractivity contribution >= 4 is 0 Å². The predicted octanol–water partition coefficient (Wildman–Crippen LogP) is 4.59. The quantitative estimate of drug-likeness (QED) is 0.661. The van der Waals surface area contributed by atoms with Crippen LogP contribution in [0.3, 0.4) is 0 Å². The van der Waals surface area contributed by atoms with E-state index in [4.69, 9.17) is 4.74 Å². The van der Waals surface area contributed by atoms with Crippen molar-refractivity contribution < 1.29 is 4.74 Å². The highest BCUT2D eigenvalue weighted by Crippen LogP contribution is 2.18. The van der Waals surface area contributed by atoms with Crippen LogP contribution in [0.25, 0.3) is 0 Å². The van der Waals surface area contributed by atoms with Gasteiger partial charge < -0.3 is 9.64 Å². The first-order chi connectivity index (χ1) is 10.6. The van der Waals surface area contributed by atoms with Gasteiger partial charge in [0, 0.05) is 6.54 Å². The lowest BCUT2D eigenvalue weighted by molar-refractivity contribution is 0.275. The van der Waals surface area contributed by atoms with Gasteiger partial charge in [-0.2, -0.15) is 0 Å². The molecule has 2 nitrogen and oxygen atoms in total. The molecule has 0 saturated heterocycles. The van der Waals surface area contributed by atoms with E-state index >= 15 is 0 Å². The molecule has 22 heavy (non-hydrogen) atoms. The lowest BCUT2D eigenvalue weighted by atomic mass is 10.1. The minimum Gasteiger partial charge on any atom is -0.493 e. The summed E-state index contributed by atoms with van der Waals surface area (Å²) in [6, 6.07) is 17.0. The zero-order valence-corrected chi connectivity index (χ0v) is 14.0. The number of aryl methyl sites for hydroxylation is 2. The Labute approximate surface area is 134 Å². The number of benzene rings is 2. The maximum atomic E-state index is 5.87. The van der Waals surface area contributed by atoms with Crippen LogP contribution in [0, 0.1) is 13.8 Å². The summed E-state index contributed by atoms with van der Waals surface area (Å²) in [6.07, 6.45) is 2.25. The van der Waals surface area contributed by atoms with Crippen LogP contribution in [0.2, 0.25) is 0 Å². The van der Waals surface area contributed by atoms with E-state index in [1.54, 1.807) is 0 Å². The van der Waals surface area contributed by atoms with Crippen LogP contribution < -0.4 is 4.74 Å². The van der Waals surface area contributed by atoms with Gasteiger partial charge >= 0.3 is 0 Å². The first-order valence-electron chi connectivity index (χ1n) is 8.07. The number of hydrogen-bond donors (Lipinski definition) is 0. The molecule has 0 aromatic heterocycles. The predicted molar refractivity (Wildman–Crippen MR) is 93.4 cm³/mol. The Bertz CT molecular complexity index is 565. The molecule has 2 rings (SSSR count). The van der Waals surface area contributed by atoms with Crippen LogP contribution in [0.15, 0.2) is 48.5 Å². The van der Waals surface area contributed by atoms with Crippen molar-refractivity contribution in [1.29, 1.82) is 0 Å². The topological polar surface area (TPSA) is 12.5 Å². The molecule has 0 amide bonds. The minimum absolute atomic E-state index is 0.795. The van der Waals surface area contributed by atoms with Crippen LogP contribution in [-0.2, 0) is 6.54 Å². The Hall–Kier alpha value is -1.80. The van der Waals surface area contributed by atoms with Gasteiger partial charge in [-0.3, -0.25) is 0 Å². The third-order valence-corrected chi connectivity index (χ3v) is 3.82. The van der Waals surface area contributed by atoms with Crippen LogP contribution >= 0.6 is 0 Å². The summed E-state index contributed by atoms with van der Waals surface area (Å²) in [5, 5.41) is 0. The van der Waals surface area contributed by atoms with Crippen molar-refractivity contribution in [1.82, 2.24) is 4.90 Å². The molecule has 0 atom stereocenters. The zero-order chi connectivity index (χ0) is 15.8. The van der Waals surface area contributed by atoms with Gasteiger partial charge in [0.1, 0.15) is 5.75 Å². The van der Waals surface area contributed by atoms with Gasteiger partial charge in [0.2, 0.25) is 0 Å². The standard InChI is InChI=1S/C20H27NO/c1-17-11-12-20(18(2)15-17)22-14-8-7-13-21(3)16-19-9-5-4-6-10-19/h4-6,9-12,15H,7-8,13-14,16H2,1-3H3. The highest BCUT2D eigenvalue weighted by atomic mass is 16.5. The number of unbranched alkanes of at least 4 members (excludes halogenated alkanes) is 1. The van der Waals surface area contributed by atoms with E-state index in [1.165, 1.54) is 16.7 Å². The lowest BCUT2D eigenvalue weighted by Gasteiger charge is -2.16. The summed E-state index contributed by atoms with van der Waals surface area (Å²) >= 11 is 0. The first-order valence-corrected chi connectivity index (χ1v) is 8.07.